The summed E-state index contributed by atoms with van der Waals surface area (Å²) in [7, 11) is -4.20. The third-order valence-electron chi connectivity index (χ3n) is 4.80. The Balaban J connectivity index is 0.00000280. The van der Waals surface area contributed by atoms with Gasteiger partial charge in [-0.3, -0.25) is 4.68 Å². The molecule has 28 heavy (non-hydrogen) atoms. The van der Waals surface area contributed by atoms with Crippen molar-refractivity contribution in [3.05, 3.63) is 47.3 Å². The molecule has 1 aliphatic heterocycles. The molecule has 0 atom stereocenters. The lowest BCUT2D eigenvalue weighted by Gasteiger charge is -2.22. The molecular formula is C18H25ClF2N4O2S. The first-order valence-electron chi connectivity index (χ1n) is 8.96. The zero-order valence-electron chi connectivity index (χ0n) is 15.9. The molecule has 0 spiro atoms. The summed E-state index contributed by atoms with van der Waals surface area (Å²) in [5.41, 5.74) is 2.05. The third-order valence-corrected chi connectivity index (χ3v) is 6.75. The highest BCUT2D eigenvalue weighted by Gasteiger charge is 2.31. The maximum atomic E-state index is 14.0. The van der Waals surface area contributed by atoms with E-state index in [9.17, 15) is 17.2 Å². The van der Waals surface area contributed by atoms with E-state index in [4.69, 9.17) is 0 Å². The Hall–Kier alpha value is -1.55. The van der Waals surface area contributed by atoms with Crippen molar-refractivity contribution >= 4 is 22.4 Å². The number of aryl methyl sites for hydroxylation is 2. The summed E-state index contributed by atoms with van der Waals surface area (Å²) >= 11 is 0. The van der Waals surface area contributed by atoms with E-state index in [1.807, 2.05) is 24.6 Å². The lowest BCUT2D eigenvalue weighted by atomic mass is 10.3. The quantitative estimate of drug-likeness (QED) is 0.725. The van der Waals surface area contributed by atoms with Gasteiger partial charge in [0.1, 0.15) is 11.6 Å². The average Bonchev–Trinajstić information content (AvgIpc) is 2.79. The van der Waals surface area contributed by atoms with Crippen molar-refractivity contribution in [1.29, 1.82) is 0 Å². The Labute approximate surface area is 170 Å². The van der Waals surface area contributed by atoms with Crippen LogP contribution in [-0.4, -0.2) is 60.1 Å². The zero-order valence-corrected chi connectivity index (χ0v) is 17.6. The van der Waals surface area contributed by atoms with E-state index < -0.39 is 26.6 Å². The van der Waals surface area contributed by atoms with Crippen molar-refractivity contribution in [3.63, 3.8) is 0 Å². The Morgan fingerprint density at radius 1 is 1.04 bits per heavy atom. The van der Waals surface area contributed by atoms with Crippen LogP contribution in [0.15, 0.2) is 29.2 Å². The van der Waals surface area contributed by atoms with E-state index in [0.717, 1.165) is 42.7 Å². The van der Waals surface area contributed by atoms with Crippen molar-refractivity contribution < 1.29 is 17.2 Å². The molecule has 0 unspecified atom stereocenters. The molecule has 1 aliphatic rings. The van der Waals surface area contributed by atoms with Crippen molar-refractivity contribution in [3.8, 4) is 0 Å². The maximum absolute atomic E-state index is 14.0. The normalized spacial score (nSPS) is 16.6. The van der Waals surface area contributed by atoms with Crippen LogP contribution in [0.1, 0.15) is 17.8 Å². The Morgan fingerprint density at radius 3 is 2.32 bits per heavy atom. The highest BCUT2D eigenvalue weighted by Crippen LogP contribution is 2.23. The summed E-state index contributed by atoms with van der Waals surface area (Å²) < 4.78 is 56.5. The molecule has 0 bridgehead atoms. The van der Waals surface area contributed by atoms with E-state index in [-0.39, 0.29) is 25.5 Å². The summed E-state index contributed by atoms with van der Waals surface area (Å²) in [6, 6.07) is 5.11. The third kappa shape index (κ3) is 4.89. The van der Waals surface area contributed by atoms with Gasteiger partial charge in [-0.25, -0.2) is 17.2 Å². The Morgan fingerprint density at radius 2 is 1.71 bits per heavy atom. The summed E-state index contributed by atoms with van der Waals surface area (Å²) in [5, 5.41) is 4.43. The molecule has 1 fully saturated rings. The van der Waals surface area contributed by atoms with Gasteiger partial charge < -0.3 is 4.90 Å². The Bertz CT molecular complexity index is 900. The molecule has 156 valence electrons. The minimum absolute atomic E-state index is 0. The molecule has 0 saturated carbocycles. The van der Waals surface area contributed by atoms with Crippen molar-refractivity contribution in [2.75, 3.05) is 32.7 Å². The molecule has 10 heteroatoms. The number of aromatic nitrogens is 2. The number of hydrogen-bond donors (Lipinski definition) is 0. The highest BCUT2D eigenvalue weighted by atomic mass is 35.5. The molecule has 0 amide bonds. The van der Waals surface area contributed by atoms with E-state index >= 15 is 0 Å². The molecule has 0 aliphatic carbocycles. The second-order valence-corrected chi connectivity index (χ2v) is 8.68. The van der Waals surface area contributed by atoms with Crippen LogP contribution < -0.4 is 0 Å². The minimum Gasteiger partial charge on any atom is -0.300 e. The Kier molecular flexibility index (Phi) is 7.55. The number of rotatable bonds is 5. The van der Waals surface area contributed by atoms with Gasteiger partial charge in [-0.1, -0.05) is 6.07 Å². The minimum atomic E-state index is -4.20. The standard InChI is InChI=1S/C18H24F2N4O2S.ClH/c1-14-13-15(2)24(21-14)12-10-22-7-4-8-23(11-9-22)27(25,26)18-16(19)5-3-6-17(18)20;/h3,5-6,13H,4,7-12H2,1-2H3;1H. The van der Waals surface area contributed by atoms with Crippen LogP contribution in [-0.2, 0) is 16.6 Å². The lowest BCUT2D eigenvalue weighted by Crippen LogP contribution is -2.36. The van der Waals surface area contributed by atoms with Gasteiger partial charge in [0.25, 0.3) is 0 Å². The fourth-order valence-corrected chi connectivity index (χ4v) is 4.99. The van der Waals surface area contributed by atoms with E-state index in [2.05, 4.69) is 10.00 Å². The smallest absolute Gasteiger partial charge is 0.248 e. The summed E-state index contributed by atoms with van der Waals surface area (Å²) in [5.74, 6) is -2.11. The molecule has 0 radical (unpaired) electrons. The fraction of sp³-hybridized carbons (Fsp3) is 0.500. The number of benzene rings is 1. The molecule has 3 rings (SSSR count). The van der Waals surface area contributed by atoms with Gasteiger partial charge in [0.2, 0.25) is 10.0 Å². The molecule has 1 aromatic carbocycles. The number of halogens is 3. The average molecular weight is 435 g/mol. The van der Waals surface area contributed by atoms with Gasteiger partial charge in [-0.15, -0.1) is 12.4 Å². The van der Waals surface area contributed by atoms with Gasteiger partial charge in [-0.05, 0) is 45.0 Å². The lowest BCUT2D eigenvalue weighted by molar-refractivity contribution is 0.269. The van der Waals surface area contributed by atoms with Gasteiger partial charge in [0.05, 0.1) is 12.2 Å². The molecule has 1 aromatic heterocycles. The first-order valence-corrected chi connectivity index (χ1v) is 10.4. The molecule has 1 saturated heterocycles. The molecule has 6 nitrogen and oxygen atoms in total. The summed E-state index contributed by atoms with van der Waals surface area (Å²) in [4.78, 5) is 1.30. The number of nitrogens with zero attached hydrogens (tertiary/aromatic N) is 4. The molecular weight excluding hydrogens is 410 g/mol. The van der Waals surface area contributed by atoms with Gasteiger partial charge in [-0.2, -0.15) is 9.40 Å². The van der Waals surface area contributed by atoms with Crippen LogP contribution in [0.5, 0.6) is 0 Å². The second kappa shape index (κ2) is 9.30. The van der Waals surface area contributed by atoms with Gasteiger partial charge in [0.15, 0.2) is 4.90 Å². The van der Waals surface area contributed by atoms with E-state index in [1.165, 1.54) is 4.31 Å². The second-order valence-electron chi connectivity index (χ2n) is 6.80. The number of sulfonamides is 1. The summed E-state index contributed by atoms with van der Waals surface area (Å²) in [6.07, 6.45) is 0.604. The van der Waals surface area contributed by atoms with Gasteiger partial charge in [0, 0.05) is 31.9 Å². The first kappa shape index (κ1) is 22.7. The van der Waals surface area contributed by atoms with Crippen LogP contribution >= 0.6 is 12.4 Å². The predicted octanol–water partition coefficient (Wildman–Crippen LogP) is 2.60. The van der Waals surface area contributed by atoms with Crippen LogP contribution in [0.3, 0.4) is 0 Å². The van der Waals surface area contributed by atoms with E-state index in [1.54, 1.807) is 0 Å². The van der Waals surface area contributed by atoms with E-state index in [0.29, 0.717) is 19.5 Å². The monoisotopic (exact) mass is 434 g/mol. The topological polar surface area (TPSA) is 58.4 Å². The van der Waals surface area contributed by atoms with Crippen LogP contribution in [0, 0.1) is 25.5 Å². The highest BCUT2D eigenvalue weighted by molar-refractivity contribution is 7.89. The number of hydrogen-bond acceptors (Lipinski definition) is 4. The molecule has 2 heterocycles. The zero-order chi connectivity index (χ0) is 19.6. The van der Waals surface area contributed by atoms with Crippen molar-refractivity contribution in [1.82, 2.24) is 19.0 Å². The largest absolute Gasteiger partial charge is 0.300 e. The van der Waals surface area contributed by atoms with Crippen LogP contribution in [0.2, 0.25) is 0 Å². The fourth-order valence-electron chi connectivity index (χ4n) is 3.41. The SMILES string of the molecule is Cc1cc(C)n(CCN2CCCN(S(=O)(=O)c3c(F)cccc3F)CC2)n1.Cl. The predicted molar refractivity (Wildman–Crippen MR) is 105 cm³/mol. The molecule has 2 aromatic rings. The summed E-state index contributed by atoms with van der Waals surface area (Å²) in [6.45, 7) is 7.08. The van der Waals surface area contributed by atoms with Crippen molar-refractivity contribution in [2.24, 2.45) is 0 Å². The maximum Gasteiger partial charge on any atom is 0.248 e. The van der Waals surface area contributed by atoms with Crippen LogP contribution in [0.25, 0.3) is 0 Å². The molecule has 0 N–H and O–H groups in total. The first-order chi connectivity index (χ1) is 12.8. The van der Waals surface area contributed by atoms with Crippen molar-refractivity contribution in [2.45, 2.75) is 31.7 Å². The van der Waals surface area contributed by atoms with Crippen LogP contribution in [0.4, 0.5) is 8.78 Å². The van der Waals surface area contributed by atoms with Gasteiger partial charge >= 0.3 is 0 Å².